The summed E-state index contributed by atoms with van der Waals surface area (Å²) in [6.07, 6.45) is -0.0513. The van der Waals surface area contributed by atoms with Gasteiger partial charge in [-0.1, -0.05) is 0 Å². The molecule has 1 aromatic rings. The Labute approximate surface area is 172 Å². The lowest BCUT2D eigenvalue weighted by atomic mass is 10.1. The van der Waals surface area contributed by atoms with Crippen molar-refractivity contribution < 1.29 is 9.13 Å². The summed E-state index contributed by atoms with van der Waals surface area (Å²) in [5.74, 6) is 1.19. The fourth-order valence-electron chi connectivity index (χ4n) is 3.38. The predicted octanol–water partition coefficient (Wildman–Crippen LogP) is 1.38. The Kier molecular flexibility index (Phi) is 8.36. The number of nitrogens with one attached hydrogen (secondary N) is 2. The second-order valence-electron chi connectivity index (χ2n) is 6.71. The number of guanidine groups is 1. The highest BCUT2D eigenvalue weighted by Crippen LogP contribution is 2.15. The molecule has 8 heteroatoms. The van der Waals surface area contributed by atoms with E-state index in [-0.39, 0.29) is 35.9 Å². The topological polar surface area (TPSA) is 52.1 Å². The summed E-state index contributed by atoms with van der Waals surface area (Å²) in [6, 6.07) is 6.63. The van der Waals surface area contributed by atoms with Gasteiger partial charge in [-0.05, 0) is 31.2 Å². The van der Waals surface area contributed by atoms with Crippen LogP contribution in [0.1, 0.15) is 6.92 Å². The van der Waals surface area contributed by atoms with E-state index < -0.39 is 0 Å². The van der Waals surface area contributed by atoms with E-state index in [1.54, 1.807) is 19.2 Å². The van der Waals surface area contributed by atoms with Crippen molar-refractivity contribution in [3.05, 3.63) is 30.1 Å². The number of ether oxygens (including phenoxy) is 1. The molecule has 2 N–H and O–H groups in total. The van der Waals surface area contributed by atoms with Gasteiger partial charge in [0.1, 0.15) is 17.7 Å². The van der Waals surface area contributed by atoms with Crippen molar-refractivity contribution in [1.29, 1.82) is 0 Å². The van der Waals surface area contributed by atoms with Gasteiger partial charge in [0, 0.05) is 52.4 Å². The lowest BCUT2D eigenvalue weighted by Crippen LogP contribution is -2.64. The fraction of sp³-hybridized carbons (Fsp3) is 0.611. The summed E-state index contributed by atoms with van der Waals surface area (Å²) in [6.45, 7) is 9.35. The Morgan fingerprint density at radius 3 is 2.50 bits per heavy atom. The Bertz CT molecular complexity index is 577. The molecule has 1 aromatic carbocycles. The van der Waals surface area contributed by atoms with E-state index in [9.17, 15) is 4.39 Å². The summed E-state index contributed by atoms with van der Waals surface area (Å²) in [5.41, 5.74) is 0. The molecule has 3 aliphatic rings. The number of piperazine rings is 3. The van der Waals surface area contributed by atoms with Crippen LogP contribution in [0, 0.1) is 5.82 Å². The average Bonchev–Trinajstić information content (AvgIpc) is 2.65. The third-order valence-corrected chi connectivity index (χ3v) is 4.83. The van der Waals surface area contributed by atoms with Crippen molar-refractivity contribution in [3.63, 3.8) is 0 Å². The van der Waals surface area contributed by atoms with Gasteiger partial charge in [0.2, 0.25) is 0 Å². The first-order valence-corrected chi connectivity index (χ1v) is 8.97. The van der Waals surface area contributed by atoms with Crippen LogP contribution in [0.4, 0.5) is 4.39 Å². The lowest BCUT2D eigenvalue weighted by molar-refractivity contribution is 0.0154. The van der Waals surface area contributed by atoms with Gasteiger partial charge in [0.15, 0.2) is 5.96 Å². The Balaban J connectivity index is 0.00000243. The minimum Gasteiger partial charge on any atom is -0.489 e. The Morgan fingerprint density at radius 1 is 1.23 bits per heavy atom. The molecule has 0 amide bonds. The molecule has 146 valence electrons. The Morgan fingerprint density at radius 2 is 1.92 bits per heavy atom. The number of benzene rings is 1. The predicted molar refractivity (Wildman–Crippen MR) is 113 cm³/mol. The third-order valence-electron chi connectivity index (χ3n) is 4.83. The molecule has 2 bridgehead atoms. The molecule has 3 fully saturated rings. The summed E-state index contributed by atoms with van der Waals surface area (Å²) in [7, 11) is 1.78. The zero-order valence-electron chi connectivity index (χ0n) is 15.4. The molecule has 6 nitrogen and oxygen atoms in total. The highest BCUT2D eigenvalue weighted by atomic mass is 127. The minimum atomic E-state index is -0.258. The van der Waals surface area contributed by atoms with E-state index in [0.717, 1.165) is 19.0 Å². The summed E-state index contributed by atoms with van der Waals surface area (Å²) < 4.78 is 18.7. The van der Waals surface area contributed by atoms with E-state index >= 15 is 0 Å². The van der Waals surface area contributed by atoms with Crippen molar-refractivity contribution in [1.82, 2.24) is 20.4 Å². The van der Waals surface area contributed by atoms with E-state index in [1.165, 1.54) is 38.3 Å². The van der Waals surface area contributed by atoms with Crippen LogP contribution in [0.25, 0.3) is 0 Å². The molecule has 2 unspecified atom stereocenters. The maximum Gasteiger partial charge on any atom is 0.191 e. The van der Waals surface area contributed by atoms with Crippen molar-refractivity contribution in [2.45, 2.75) is 19.1 Å². The van der Waals surface area contributed by atoms with Gasteiger partial charge in [0.05, 0.1) is 6.54 Å². The minimum absolute atomic E-state index is 0. The quantitative estimate of drug-likeness (QED) is 0.369. The summed E-state index contributed by atoms with van der Waals surface area (Å²) in [4.78, 5) is 9.37. The number of fused-ring (bicyclic) bond motifs is 3. The SMILES string of the molecule is CN=C(NCC(C)Oc1ccc(F)cc1)NCC1CN2CCN1CC2.I. The molecular weight excluding hydrogens is 448 g/mol. The molecule has 0 saturated carbocycles. The highest BCUT2D eigenvalue weighted by Gasteiger charge is 2.31. The summed E-state index contributed by atoms with van der Waals surface area (Å²) in [5, 5.41) is 6.71. The first kappa shape index (κ1) is 21.2. The van der Waals surface area contributed by atoms with Crippen LogP contribution in [0.3, 0.4) is 0 Å². The number of nitrogens with zero attached hydrogens (tertiary/aromatic N) is 3. The van der Waals surface area contributed by atoms with Crippen molar-refractivity contribution in [3.8, 4) is 5.75 Å². The van der Waals surface area contributed by atoms with E-state index in [0.29, 0.717) is 18.3 Å². The number of hydrogen-bond donors (Lipinski definition) is 2. The van der Waals surface area contributed by atoms with Gasteiger partial charge < -0.3 is 15.4 Å². The molecule has 0 spiro atoms. The van der Waals surface area contributed by atoms with Crippen molar-refractivity contribution in [2.24, 2.45) is 4.99 Å². The largest absolute Gasteiger partial charge is 0.489 e. The molecule has 0 aliphatic carbocycles. The molecule has 3 aliphatic heterocycles. The first-order chi connectivity index (χ1) is 12.1. The fourth-order valence-corrected chi connectivity index (χ4v) is 3.38. The van der Waals surface area contributed by atoms with Crippen molar-refractivity contribution >= 4 is 29.9 Å². The number of hydrogen-bond acceptors (Lipinski definition) is 4. The van der Waals surface area contributed by atoms with Crippen LogP contribution in [0.15, 0.2) is 29.3 Å². The zero-order valence-corrected chi connectivity index (χ0v) is 17.8. The average molecular weight is 477 g/mol. The molecule has 0 aromatic heterocycles. The van der Waals surface area contributed by atoms with Crippen LogP contribution in [0.2, 0.25) is 0 Å². The number of rotatable bonds is 6. The second kappa shape index (κ2) is 10.3. The van der Waals surface area contributed by atoms with Crippen molar-refractivity contribution in [2.75, 3.05) is 52.9 Å². The van der Waals surface area contributed by atoms with Crippen LogP contribution in [0.5, 0.6) is 5.75 Å². The van der Waals surface area contributed by atoms with Gasteiger partial charge >= 0.3 is 0 Å². The highest BCUT2D eigenvalue weighted by molar-refractivity contribution is 14.0. The maximum atomic E-state index is 12.9. The van der Waals surface area contributed by atoms with Crippen LogP contribution >= 0.6 is 24.0 Å². The second-order valence-corrected chi connectivity index (χ2v) is 6.71. The van der Waals surface area contributed by atoms with Crippen LogP contribution in [-0.2, 0) is 0 Å². The molecule has 2 atom stereocenters. The number of aliphatic imine (C=N–C) groups is 1. The molecule has 0 radical (unpaired) electrons. The smallest absolute Gasteiger partial charge is 0.191 e. The lowest BCUT2D eigenvalue weighted by Gasteiger charge is -2.47. The van der Waals surface area contributed by atoms with Crippen LogP contribution in [-0.4, -0.2) is 80.8 Å². The summed E-state index contributed by atoms with van der Waals surface area (Å²) >= 11 is 0. The molecule has 3 heterocycles. The number of halogens is 2. The van der Waals surface area contributed by atoms with E-state index in [4.69, 9.17) is 4.74 Å². The molecule has 26 heavy (non-hydrogen) atoms. The molecular formula is C18H29FIN5O. The van der Waals surface area contributed by atoms with E-state index in [2.05, 4.69) is 25.4 Å². The van der Waals surface area contributed by atoms with Gasteiger partial charge in [-0.3, -0.25) is 14.8 Å². The standard InChI is InChI=1S/C18H28FN5O.HI/c1-14(25-17-5-3-15(19)4-6-17)11-21-18(20-2)22-12-16-13-23-7-9-24(16)10-8-23;/h3-6,14,16H,7-13H2,1-2H3,(H2,20,21,22);1H. The molecule has 4 rings (SSSR count). The maximum absolute atomic E-state index is 12.9. The normalized spacial score (nSPS) is 26.0. The van der Waals surface area contributed by atoms with Gasteiger partial charge in [-0.15, -0.1) is 24.0 Å². The van der Waals surface area contributed by atoms with E-state index in [1.807, 2.05) is 6.92 Å². The van der Waals surface area contributed by atoms with Gasteiger partial charge in [-0.25, -0.2) is 4.39 Å². The first-order valence-electron chi connectivity index (χ1n) is 8.97. The van der Waals surface area contributed by atoms with Gasteiger partial charge in [0.25, 0.3) is 0 Å². The van der Waals surface area contributed by atoms with Crippen LogP contribution < -0.4 is 15.4 Å². The third kappa shape index (κ3) is 5.95. The Hall–Kier alpha value is -1.13. The monoisotopic (exact) mass is 477 g/mol. The van der Waals surface area contributed by atoms with Gasteiger partial charge in [-0.2, -0.15) is 0 Å². The zero-order chi connectivity index (χ0) is 17.6. The molecule has 3 saturated heterocycles.